The van der Waals surface area contributed by atoms with Gasteiger partial charge in [-0.3, -0.25) is 4.57 Å². The highest BCUT2D eigenvalue weighted by Crippen LogP contribution is 2.31. The number of methoxy groups -OCH3 is 2. The number of hydrogen-bond donors (Lipinski definition) is 0. The second-order valence-corrected chi connectivity index (χ2v) is 5.97. The highest BCUT2D eigenvalue weighted by Gasteiger charge is 2.10. The molecule has 0 saturated carbocycles. The monoisotopic (exact) mass is 344 g/mol. The predicted molar refractivity (Wildman–Crippen MR) is 92.6 cm³/mol. The lowest BCUT2D eigenvalue weighted by Gasteiger charge is -2.11. The van der Waals surface area contributed by atoms with E-state index in [1.807, 2.05) is 35.0 Å². The molecule has 3 rings (SSSR count). The molecule has 0 fully saturated rings. The van der Waals surface area contributed by atoms with Crippen molar-refractivity contribution in [3.63, 3.8) is 0 Å². The van der Waals surface area contributed by atoms with Crippen LogP contribution < -0.4 is 9.47 Å². The molecule has 0 unspecified atom stereocenters. The number of rotatable bonds is 6. The first-order chi connectivity index (χ1) is 11.7. The van der Waals surface area contributed by atoms with Crippen LogP contribution in [0.25, 0.3) is 5.69 Å². The Labute approximate surface area is 144 Å². The van der Waals surface area contributed by atoms with Crippen LogP contribution >= 0.6 is 11.8 Å². The molecule has 1 aromatic heterocycles. The second kappa shape index (κ2) is 7.40. The van der Waals surface area contributed by atoms with Crippen LogP contribution in [0.5, 0.6) is 11.5 Å². The van der Waals surface area contributed by atoms with Crippen molar-refractivity contribution in [3.8, 4) is 17.2 Å². The summed E-state index contributed by atoms with van der Waals surface area (Å²) in [6, 6.07) is 12.1. The average Bonchev–Trinajstić information content (AvgIpc) is 3.08. The average molecular weight is 344 g/mol. The number of thioether (sulfide) groups is 1. The van der Waals surface area contributed by atoms with Crippen molar-refractivity contribution < 1.29 is 13.9 Å². The Kier molecular flexibility index (Phi) is 5.05. The van der Waals surface area contributed by atoms with Gasteiger partial charge in [-0.05, 0) is 36.4 Å². The van der Waals surface area contributed by atoms with Gasteiger partial charge in [0.15, 0.2) is 5.16 Å². The van der Waals surface area contributed by atoms with Crippen molar-refractivity contribution in [2.75, 3.05) is 14.2 Å². The molecule has 124 valence electrons. The summed E-state index contributed by atoms with van der Waals surface area (Å²) in [7, 11) is 3.28. The highest BCUT2D eigenvalue weighted by molar-refractivity contribution is 7.98. The second-order valence-electron chi connectivity index (χ2n) is 5.03. The number of nitrogens with zero attached hydrogens (tertiary/aromatic N) is 2. The summed E-state index contributed by atoms with van der Waals surface area (Å²) in [5, 5.41) is 0.783. The molecule has 0 aliphatic rings. The van der Waals surface area contributed by atoms with E-state index in [1.54, 1.807) is 38.2 Å². The van der Waals surface area contributed by atoms with E-state index in [0.29, 0.717) is 5.75 Å². The number of ether oxygens (including phenoxy) is 2. The van der Waals surface area contributed by atoms with Gasteiger partial charge in [0.25, 0.3) is 0 Å². The fourth-order valence-corrected chi connectivity index (χ4v) is 3.31. The molecule has 0 saturated heterocycles. The van der Waals surface area contributed by atoms with Gasteiger partial charge in [0, 0.05) is 23.7 Å². The molecule has 0 spiro atoms. The third kappa shape index (κ3) is 3.54. The Bertz CT molecular complexity index is 835. The molecule has 0 atom stereocenters. The van der Waals surface area contributed by atoms with Gasteiger partial charge in [-0.15, -0.1) is 0 Å². The topological polar surface area (TPSA) is 36.3 Å². The summed E-state index contributed by atoms with van der Waals surface area (Å²) < 4.78 is 26.0. The van der Waals surface area contributed by atoms with Crippen molar-refractivity contribution in [3.05, 3.63) is 66.2 Å². The van der Waals surface area contributed by atoms with Crippen molar-refractivity contribution in [2.45, 2.75) is 10.9 Å². The van der Waals surface area contributed by atoms with Gasteiger partial charge in [-0.1, -0.05) is 17.8 Å². The fraction of sp³-hybridized carbons (Fsp3) is 0.167. The Balaban J connectivity index is 1.83. The first kappa shape index (κ1) is 16.4. The number of imidazole rings is 1. The zero-order chi connectivity index (χ0) is 16.9. The summed E-state index contributed by atoms with van der Waals surface area (Å²) in [5.74, 6) is 1.96. The van der Waals surface area contributed by atoms with Crippen LogP contribution in [0.1, 0.15) is 5.56 Å². The first-order valence-electron chi connectivity index (χ1n) is 7.34. The number of benzene rings is 2. The van der Waals surface area contributed by atoms with Crippen LogP contribution in [-0.2, 0) is 5.75 Å². The van der Waals surface area contributed by atoms with Crippen LogP contribution in [0, 0.1) is 5.82 Å². The summed E-state index contributed by atoms with van der Waals surface area (Å²) in [6.45, 7) is 0. The Morgan fingerprint density at radius 2 is 2.00 bits per heavy atom. The van der Waals surface area contributed by atoms with E-state index in [4.69, 9.17) is 9.47 Å². The normalized spacial score (nSPS) is 10.6. The molecule has 0 radical (unpaired) electrons. The Hall–Kier alpha value is -2.47. The number of hydrogen-bond acceptors (Lipinski definition) is 4. The highest BCUT2D eigenvalue weighted by atomic mass is 32.2. The van der Waals surface area contributed by atoms with Crippen molar-refractivity contribution in [1.82, 2.24) is 9.55 Å². The summed E-state index contributed by atoms with van der Waals surface area (Å²) in [4.78, 5) is 4.37. The minimum absolute atomic E-state index is 0.272. The van der Waals surface area contributed by atoms with E-state index in [9.17, 15) is 4.39 Å². The maximum atomic E-state index is 13.5. The Morgan fingerprint density at radius 1 is 1.12 bits per heavy atom. The molecule has 0 bridgehead atoms. The molecule has 0 aliphatic heterocycles. The molecule has 3 aromatic rings. The first-order valence-corrected chi connectivity index (χ1v) is 8.33. The van der Waals surface area contributed by atoms with Crippen LogP contribution in [0.15, 0.2) is 60.0 Å². The van der Waals surface area contributed by atoms with Gasteiger partial charge in [-0.2, -0.15) is 0 Å². The van der Waals surface area contributed by atoms with E-state index in [0.717, 1.165) is 27.9 Å². The van der Waals surface area contributed by atoms with Gasteiger partial charge < -0.3 is 9.47 Å². The van der Waals surface area contributed by atoms with Gasteiger partial charge in [0.1, 0.15) is 17.3 Å². The molecule has 24 heavy (non-hydrogen) atoms. The van der Waals surface area contributed by atoms with E-state index in [-0.39, 0.29) is 5.82 Å². The van der Waals surface area contributed by atoms with Crippen LogP contribution in [0.2, 0.25) is 0 Å². The molecule has 1 heterocycles. The zero-order valence-electron chi connectivity index (χ0n) is 13.4. The lowest BCUT2D eigenvalue weighted by molar-refractivity contribution is 0.400. The van der Waals surface area contributed by atoms with Crippen LogP contribution in [0.3, 0.4) is 0 Å². The fourth-order valence-electron chi connectivity index (χ4n) is 2.36. The summed E-state index contributed by atoms with van der Waals surface area (Å²) in [5.41, 5.74) is 1.75. The van der Waals surface area contributed by atoms with Crippen LogP contribution in [0.4, 0.5) is 4.39 Å². The molecule has 0 N–H and O–H groups in total. The maximum absolute atomic E-state index is 13.5. The largest absolute Gasteiger partial charge is 0.497 e. The van der Waals surface area contributed by atoms with Gasteiger partial charge in [-0.25, -0.2) is 9.37 Å². The summed E-state index contributed by atoms with van der Waals surface area (Å²) >= 11 is 1.55. The molecular formula is C18H17FN2O2S. The van der Waals surface area contributed by atoms with E-state index in [2.05, 4.69) is 4.98 Å². The Morgan fingerprint density at radius 3 is 2.75 bits per heavy atom. The van der Waals surface area contributed by atoms with Crippen molar-refractivity contribution in [2.24, 2.45) is 0 Å². The molecule has 6 heteroatoms. The molecule has 0 aliphatic carbocycles. The van der Waals surface area contributed by atoms with E-state index < -0.39 is 0 Å². The molecule has 4 nitrogen and oxygen atoms in total. The predicted octanol–water partition coefficient (Wildman–Crippen LogP) is 4.32. The van der Waals surface area contributed by atoms with Gasteiger partial charge in [0.05, 0.1) is 19.9 Å². The third-order valence-electron chi connectivity index (χ3n) is 3.54. The molecular weight excluding hydrogens is 327 g/mol. The van der Waals surface area contributed by atoms with Gasteiger partial charge >= 0.3 is 0 Å². The van der Waals surface area contributed by atoms with Gasteiger partial charge in [0.2, 0.25) is 0 Å². The molecule has 2 aromatic carbocycles. The zero-order valence-corrected chi connectivity index (χ0v) is 14.2. The smallest absolute Gasteiger partial charge is 0.172 e. The number of halogens is 1. The third-order valence-corrected chi connectivity index (χ3v) is 4.55. The lowest BCUT2D eigenvalue weighted by atomic mass is 10.2. The van der Waals surface area contributed by atoms with E-state index >= 15 is 0 Å². The minimum Gasteiger partial charge on any atom is -0.497 e. The molecule has 0 amide bonds. The number of aromatic nitrogens is 2. The SMILES string of the molecule is COc1ccc(OC)c(CSc2nccn2-c2cccc(F)c2)c1. The summed E-state index contributed by atoms with van der Waals surface area (Å²) in [6.07, 6.45) is 3.52. The standard InChI is InChI=1S/C18H17FN2O2S/c1-22-16-6-7-17(23-2)13(10-16)12-24-18-20-8-9-21(18)15-5-3-4-14(19)11-15/h3-11H,12H2,1-2H3. The van der Waals surface area contributed by atoms with Crippen LogP contribution in [-0.4, -0.2) is 23.8 Å². The van der Waals surface area contributed by atoms with Crippen molar-refractivity contribution in [1.29, 1.82) is 0 Å². The lowest BCUT2D eigenvalue weighted by Crippen LogP contribution is -1.97. The van der Waals surface area contributed by atoms with Crippen molar-refractivity contribution >= 4 is 11.8 Å². The maximum Gasteiger partial charge on any atom is 0.172 e. The van der Waals surface area contributed by atoms with E-state index in [1.165, 1.54) is 12.1 Å². The minimum atomic E-state index is -0.272. The quantitative estimate of drug-likeness (QED) is 0.624.